The van der Waals surface area contributed by atoms with Crippen molar-refractivity contribution in [2.24, 2.45) is 0 Å². The quantitative estimate of drug-likeness (QED) is 0.480. The molecule has 1 atom stereocenters. The molecule has 0 radical (unpaired) electrons. The number of nitrogens with one attached hydrogen (secondary N) is 1. The van der Waals surface area contributed by atoms with Gasteiger partial charge in [-0.25, -0.2) is 0 Å². The Bertz CT molecular complexity index is 283. The fourth-order valence-corrected chi connectivity index (χ4v) is 2.32. The minimum atomic E-state index is -1.23. The average molecular weight is 316 g/mol. The molecule has 0 aromatic rings. The van der Waals surface area contributed by atoms with Gasteiger partial charge in [-0.2, -0.15) is 0 Å². The van der Waals surface area contributed by atoms with Crippen molar-refractivity contribution in [2.75, 3.05) is 0 Å². The van der Waals surface area contributed by atoms with Crippen molar-refractivity contribution in [3.8, 4) is 0 Å². The Morgan fingerprint density at radius 1 is 0.864 bits per heavy atom. The van der Waals surface area contributed by atoms with Crippen molar-refractivity contribution in [3.05, 3.63) is 0 Å². The number of unbranched alkanes of at least 4 members (excludes halogenated alkanes) is 10. The molecule has 0 aliphatic rings. The third kappa shape index (κ3) is 15.3. The summed E-state index contributed by atoms with van der Waals surface area (Å²) in [6.07, 6.45) is 14.1. The van der Waals surface area contributed by atoms with Crippen LogP contribution in [0.15, 0.2) is 0 Å². The van der Waals surface area contributed by atoms with Crippen LogP contribution in [0.4, 0.5) is 0 Å². The van der Waals surface area contributed by atoms with Crippen molar-refractivity contribution in [1.82, 2.24) is 11.5 Å². The van der Waals surface area contributed by atoms with E-state index in [2.05, 4.69) is 12.2 Å². The van der Waals surface area contributed by atoms with Gasteiger partial charge in [-0.1, -0.05) is 71.1 Å². The molecule has 5 heteroatoms. The predicted molar refractivity (Wildman–Crippen MR) is 89.7 cm³/mol. The van der Waals surface area contributed by atoms with E-state index in [9.17, 15) is 14.7 Å². The van der Waals surface area contributed by atoms with Crippen LogP contribution in [0.5, 0.6) is 0 Å². The summed E-state index contributed by atoms with van der Waals surface area (Å²) in [5.41, 5.74) is 0. The molecule has 0 heterocycles. The lowest BCUT2D eigenvalue weighted by molar-refractivity contribution is -0.307. The first-order chi connectivity index (χ1) is 10.1. The van der Waals surface area contributed by atoms with Gasteiger partial charge in [0.1, 0.15) is 0 Å². The molecular formula is C17H36N2O3. The molecule has 0 aliphatic carbocycles. The molecule has 0 spiro atoms. The van der Waals surface area contributed by atoms with Gasteiger partial charge in [0, 0.05) is 6.42 Å². The molecule has 0 aliphatic heterocycles. The van der Waals surface area contributed by atoms with E-state index in [4.69, 9.17) is 0 Å². The first-order valence-electron chi connectivity index (χ1n) is 8.58. The van der Waals surface area contributed by atoms with Crippen LogP contribution in [0.1, 0.15) is 90.9 Å². The highest BCUT2D eigenvalue weighted by Crippen LogP contribution is 2.11. The van der Waals surface area contributed by atoms with Crippen molar-refractivity contribution >= 4 is 11.9 Å². The lowest BCUT2D eigenvalue weighted by atomic mass is 10.1. The molecule has 0 aromatic carbocycles. The number of hydrogen-bond acceptors (Lipinski definition) is 3. The molecule has 5 nitrogen and oxygen atoms in total. The van der Waals surface area contributed by atoms with E-state index < -0.39 is 12.0 Å². The Labute approximate surface area is 135 Å². The molecule has 0 aromatic heterocycles. The standard InChI is InChI=1S/C17H33NO3.H3N/c1-3-4-5-6-7-8-9-10-11-12-13-14-16(19)18-15(2)17(20)21;/h15H,3-14H2,1-2H3,(H,18,19)(H,20,21);1H3/t15-;/m0./s1. The van der Waals surface area contributed by atoms with Crippen LogP contribution < -0.4 is 16.6 Å². The maximum atomic E-state index is 11.4. The summed E-state index contributed by atoms with van der Waals surface area (Å²) in [6.45, 7) is 3.66. The smallest absolute Gasteiger partial charge is 0.220 e. The first kappa shape index (κ1) is 23.2. The molecule has 0 unspecified atom stereocenters. The Morgan fingerprint density at radius 3 is 1.68 bits per heavy atom. The number of quaternary nitrogens is 1. The lowest BCUT2D eigenvalue weighted by Gasteiger charge is -2.14. The van der Waals surface area contributed by atoms with E-state index >= 15 is 0 Å². The van der Waals surface area contributed by atoms with Crippen LogP contribution in [-0.2, 0) is 9.59 Å². The largest absolute Gasteiger partial charge is 0.548 e. The van der Waals surface area contributed by atoms with Gasteiger partial charge in [0.2, 0.25) is 5.91 Å². The molecular weight excluding hydrogens is 280 g/mol. The summed E-state index contributed by atoms with van der Waals surface area (Å²) >= 11 is 0. The SMILES string of the molecule is CCCCCCCCCCCCCC(=O)N[C@@H](C)C(=O)[O-].[NH4+]. The van der Waals surface area contributed by atoms with Gasteiger partial charge in [-0.3, -0.25) is 4.79 Å². The molecule has 0 saturated carbocycles. The van der Waals surface area contributed by atoms with Gasteiger partial charge >= 0.3 is 0 Å². The monoisotopic (exact) mass is 316 g/mol. The topological polar surface area (TPSA) is 106 Å². The molecule has 5 N–H and O–H groups in total. The maximum absolute atomic E-state index is 11.4. The zero-order valence-electron chi connectivity index (χ0n) is 14.8. The molecule has 0 fully saturated rings. The van der Waals surface area contributed by atoms with Crippen LogP contribution in [0.2, 0.25) is 0 Å². The summed E-state index contributed by atoms with van der Waals surface area (Å²) in [6, 6.07) is -0.898. The van der Waals surface area contributed by atoms with Crippen molar-refractivity contribution in [2.45, 2.75) is 96.9 Å². The third-order valence-corrected chi connectivity index (χ3v) is 3.74. The minimum Gasteiger partial charge on any atom is -0.548 e. The minimum absolute atomic E-state index is 0. The van der Waals surface area contributed by atoms with Crippen LogP contribution in [0.3, 0.4) is 0 Å². The van der Waals surface area contributed by atoms with Crippen LogP contribution in [-0.4, -0.2) is 17.9 Å². The van der Waals surface area contributed by atoms with Gasteiger partial charge in [-0.05, 0) is 13.3 Å². The van der Waals surface area contributed by atoms with Gasteiger partial charge in [0.15, 0.2) is 0 Å². The highest BCUT2D eigenvalue weighted by Gasteiger charge is 2.07. The van der Waals surface area contributed by atoms with Gasteiger partial charge < -0.3 is 21.4 Å². The second kappa shape index (κ2) is 16.3. The zero-order chi connectivity index (χ0) is 15.9. The second-order valence-corrected chi connectivity index (χ2v) is 5.89. The first-order valence-corrected chi connectivity index (χ1v) is 8.58. The number of carboxylic acids is 1. The molecule has 132 valence electrons. The number of hydrogen-bond donors (Lipinski definition) is 2. The summed E-state index contributed by atoms with van der Waals surface area (Å²) in [4.78, 5) is 21.9. The maximum Gasteiger partial charge on any atom is 0.220 e. The van der Waals surface area contributed by atoms with E-state index in [1.807, 2.05) is 0 Å². The van der Waals surface area contributed by atoms with Gasteiger partial charge in [0.05, 0.1) is 12.0 Å². The second-order valence-electron chi connectivity index (χ2n) is 5.89. The lowest BCUT2D eigenvalue weighted by Crippen LogP contribution is -2.45. The summed E-state index contributed by atoms with van der Waals surface area (Å²) in [7, 11) is 0. The number of aliphatic carboxylic acids is 1. The van der Waals surface area contributed by atoms with E-state index in [-0.39, 0.29) is 12.1 Å². The molecule has 0 bridgehead atoms. The zero-order valence-corrected chi connectivity index (χ0v) is 14.8. The number of carbonyl (C=O) groups is 2. The average Bonchev–Trinajstić information content (AvgIpc) is 2.44. The highest BCUT2D eigenvalue weighted by atomic mass is 16.4. The van der Waals surface area contributed by atoms with E-state index in [1.54, 1.807) is 0 Å². The van der Waals surface area contributed by atoms with Gasteiger partial charge in [0.25, 0.3) is 0 Å². The summed E-state index contributed by atoms with van der Waals surface area (Å²) < 4.78 is 0. The third-order valence-electron chi connectivity index (χ3n) is 3.74. The fraction of sp³-hybridized carbons (Fsp3) is 0.882. The van der Waals surface area contributed by atoms with Crippen LogP contribution in [0.25, 0.3) is 0 Å². The van der Waals surface area contributed by atoms with Crippen molar-refractivity contribution < 1.29 is 14.7 Å². The van der Waals surface area contributed by atoms with E-state index in [0.717, 1.165) is 19.3 Å². The molecule has 1 amide bonds. The van der Waals surface area contributed by atoms with E-state index in [1.165, 1.54) is 58.3 Å². The Balaban J connectivity index is 0. The van der Waals surface area contributed by atoms with Gasteiger partial charge in [-0.15, -0.1) is 0 Å². The number of carboxylic acid groups (broad SMARTS) is 1. The normalized spacial score (nSPS) is 11.5. The molecule has 22 heavy (non-hydrogen) atoms. The Hall–Kier alpha value is -1.10. The highest BCUT2D eigenvalue weighted by molar-refractivity contribution is 5.82. The Kier molecular flexibility index (Phi) is 17.1. The number of carbonyl (C=O) groups excluding carboxylic acids is 2. The molecule has 0 saturated heterocycles. The van der Waals surface area contributed by atoms with Crippen LogP contribution in [0, 0.1) is 0 Å². The van der Waals surface area contributed by atoms with Crippen molar-refractivity contribution in [3.63, 3.8) is 0 Å². The van der Waals surface area contributed by atoms with Crippen LogP contribution >= 0.6 is 0 Å². The summed E-state index contributed by atoms with van der Waals surface area (Å²) in [5.74, 6) is -1.43. The summed E-state index contributed by atoms with van der Waals surface area (Å²) in [5, 5.41) is 12.9. The Morgan fingerprint density at radius 2 is 1.27 bits per heavy atom. The number of rotatable bonds is 14. The molecule has 0 rings (SSSR count). The number of amides is 1. The van der Waals surface area contributed by atoms with Crippen molar-refractivity contribution in [1.29, 1.82) is 0 Å². The predicted octanol–water partition coefficient (Wildman–Crippen LogP) is 3.32. The van der Waals surface area contributed by atoms with E-state index in [0.29, 0.717) is 6.42 Å². The fourth-order valence-electron chi connectivity index (χ4n) is 2.32.